The molecule has 2 fully saturated rings. The molecule has 0 spiro atoms. The average Bonchev–Trinajstić information content (AvgIpc) is 3.09. The van der Waals surface area contributed by atoms with Crippen LogP contribution in [0, 0.1) is 5.92 Å². The molecule has 1 amide bonds. The molecule has 1 saturated heterocycles. The second-order valence-corrected chi connectivity index (χ2v) is 6.81. The molecule has 1 aromatic rings. The molecule has 4 nitrogen and oxygen atoms in total. The summed E-state index contributed by atoms with van der Waals surface area (Å²) in [5.74, 6) is 1.39. The molecule has 4 heteroatoms. The van der Waals surface area contributed by atoms with Crippen molar-refractivity contribution < 1.29 is 14.3 Å². The summed E-state index contributed by atoms with van der Waals surface area (Å²) in [5.41, 5.74) is 0.701. The van der Waals surface area contributed by atoms with E-state index in [1.807, 2.05) is 24.3 Å². The SMILES string of the molecule is C[C@@H]1CCCC[C@H]1NC(=O)c1ccc(OC[C@@H]2CCCO2)cc1. The molecule has 126 valence electrons. The van der Waals surface area contributed by atoms with Gasteiger partial charge < -0.3 is 14.8 Å². The lowest BCUT2D eigenvalue weighted by Crippen LogP contribution is -2.41. The van der Waals surface area contributed by atoms with E-state index >= 15 is 0 Å². The number of ether oxygens (including phenoxy) is 2. The second-order valence-electron chi connectivity index (χ2n) is 6.81. The van der Waals surface area contributed by atoms with Crippen molar-refractivity contribution in [2.75, 3.05) is 13.2 Å². The van der Waals surface area contributed by atoms with E-state index in [0.29, 0.717) is 24.1 Å². The Morgan fingerprint density at radius 3 is 2.65 bits per heavy atom. The number of amides is 1. The maximum absolute atomic E-state index is 12.4. The summed E-state index contributed by atoms with van der Waals surface area (Å²) < 4.78 is 11.3. The molecule has 0 unspecified atom stereocenters. The number of hydrogen-bond donors (Lipinski definition) is 1. The van der Waals surface area contributed by atoms with Crippen LogP contribution >= 0.6 is 0 Å². The van der Waals surface area contributed by atoms with Crippen molar-refractivity contribution in [3.63, 3.8) is 0 Å². The molecule has 1 aliphatic heterocycles. The van der Waals surface area contributed by atoms with E-state index in [1.165, 1.54) is 19.3 Å². The first-order valence-electron chi connectivity index (χ1n) is 8.88. The van der Waals surface area contributed by atoms with Crippen LogP contribution in [-0.2, 0) is 4.74 Å². The first-order valence-corrected chi connectivity index (χ1v) is 8.88. The highest BCUT2D eigenvalue weighted by atomic mass is 16.5. The van der Waals surface area contributed by atoms with Gasteiger partial charge in [-0.2, -0.15) is 0 Å². The number of benzene rings is 1. The molecule has 3 atom stereocenters. The van der Waals surface area contributed by atoms with Crippen LogP contribution in [0.3, 0.4) is 0 Å². The topological polar surface area (TPSA) is 47.6 Å². The van der Waals surface area contributed by atoms with Gasteiger partial charge in [-0.3, -0.25) is 4.79 Å². The summed E-state index contributed by atoms with van der Waals surface area (Å²) >= 11 is 0. The van der Waals surface area contributed by atoms with Gasteiger partial charge in [0.05, 0.1) is 6.10 Å². The molecule has 1 N–H and O–H groups in total. The van der Waals surface area contributed by atoms with Crippen LogP contribution in [0.4, 0.5) is 0 Å². The predicted molar refractivity (Wildman–Crippen MR) is 89.8 cm³/mol. The minimum atomic E-state index is 0.0226. The standard InChI is InChI=1S/C19H27NO3/c1-14-5-2-3-7-18(14)20-19(21)15-8-10-16(11-9-15)23-13-17-6-4-12-22-17/h8-11,14,17-18H,2-7,12-13H2,1H3,(H,20,21)/t14-,17+,18-/m1/s1. The Labute approximate surface area is 138 Å². The smallest absolute Gasteiger partial charge is 0.251 e. The number of nitrogens with one attached hydrogen (secondary N) is 1. The number of carbonyl (C=O) groups is 1. The summed E-state index contributed by atoms with van der Waals surface area (Å²) in [4.78, 5) is 12.4. The highest BCUT2D eigenvalue weighted by Gasteiger charge is 2.23. The van der Waals surface area contributed by atoms with Crippen LogP contribution in [0.5, 0.6) is 5.75 Å². The highest BCUT2D eigenvalue weighted by molar-refractivity contribution is 5.94. The van der Waals surface area contributed by atoms with Crippen LogP contribution in [-0.4, -0.2) is 31.3 Å². The van der Waals surface area contributed by atoms with E-state index in [1.54, 1.807) is 0 Å². The van der Waals surface area contributed by atoms with Gasteiger partial charge in [0.15, 0.2) is 0 Å². The van der Waals surface area contributed by atoms with E-state index in [-0.39, 0.29) is 12.0 Å². The van der Waals surface area contributed by atoms with Gasteiger partial charge in [0.25, 0.3) is 5.91 Å². The minimum absolute atomic E-state index is 0.0226. The third kappa shape index (κ3) is 4.47. The molecule has 3 rings (SSSR count). The fraction of sp³-hybridized carbons (Fsp3) is 0.632. The molecule has 1 heterocycles. The quantitative estimate of drug-likeness (QED) is 0.903. The van der Waals surface area contributed by atoms with E-state index < -0.39 is 0 Å². The van der Waals surface area contributed by atoms with Gasteiger partial charge >= 0.3 is 0 Å². The summed E-state index contributed by atoms with van der Waals surface area (Å²) in [7, 11) is 0. The molecular weight excluding hydrogens is 290 g/mol. The Morgan fingerprint density at radius 2 is 1.96 bits per heavy atom. The Balaban J connectivity index is 1.50. The Bertz CT molecular complexity index is 508. The number of hydrogen-bond acceptors (Lipinski definition) is 3. The fourth-order valence-electron chi connectivity index (χ4n) is 3.45. The minimum Gasteiger partial charge on any atom is -0.491 e. The van der Waals surface area contributed by atoms with Gasteiger partial charge in [-0.1, -0.05) is 19.8 Å². The van der Waals surface area contributed by atoms with E-state index in [4.69, 9.17) is 9.47 Å². The maximum atomic E-state index is 12.4. The molecule has 0 aromatic heterocycles. The molecule has 1 aliphatic carbocycles. The monoisotopic (exact) mass is 317 g/mol. The predicted octanol–water partition coefficient (Wildman–Crippen LogP) is 3.55. The lowest BCUT2D eigenvalue weighted by Gasteiger charge is -2.29. The van der Waals surface area contributed by atoms with Crippen molar-refractivity contribution in [3.8, 4) is 5.75 Å². The van der Waals surface area contributed by atoms with Gasteiger partial charge in [-0.25, -0.2) is 0 Å². The van der Waals surface area contributed by atoms with E-state index in [2.05, 4.69) is 12.2 Å². The first-order chi connectivity index (χ1) is 11.2. The average molecular weight is 317 g/mol. The molecule has 0 radical (unpaired) electrons. The normalized spacial score (nSPS) is 27.6. The summed E-state index contributed by atoms with van der Waals surface area (Å²) in [6.07, 6.45) is 7.20. The fourth-order valence-corrected chi connectivity index (χ4v) is 3.45. The van der Waals surface area contributed by atoms with E-state index in [9.17, 15) is 4.79 Å². The Kier molecular flexibility index (Phi) is 5.55. The summed E-state index contributed by atoms with van der Waals surface area (Å²) in [6, 6.07) is 7.73. The van der Waals surface area contributed by atoms with Gasteiger partial charge in [0.2, 0.25) is 0 Å². The maximum Gasteiger partial charge on any atom is 0.251 e. The number of rotatable bonds is 5. The van der Waals surface area contributed by atoms with Crippen molar-refractivity contribution >= 4 is 5.91 Å². The van der Waals surface area contributed by atoms with Crippen molar-refractivity contribution in [1.82, 2.24) is 5.32 Å². The molecular formula is C19H27NO3. The lowest BCUT2D eigenvalue weighted by molar-refractivity contribution is 0.0679. The second kappa shape index (κ2) is 7.82. The Morgan fingerprint density at radius 1 is 1.17 bits per heavy atom. The molecule has 1 saturated carbocycles. The van der Waals surface area contributed by atoms with Crippen molar-refractivity contribution in [2.24, 2.45) is 5.92 Å². The largest absolute Gasteiger partial charge is 0.491 e. The van der Waals surface area contributed by atoms with Crippen LogP contribution in [0.15, 0.2) is 24.3 Å². The molecule has 1 aromatic carbocycles. The van der Waals surface area contributed by atoms with Crippen molar-refractivity contribution in [1.29, 1.82) is 0 Å². The zero-order chi connectivity index (χ0) is 16.1. The summed E-state index contributed by atoms with van der Waals surface area (Å²) in [5, 5.41) is 3.18. The molecule has 23 heavy (non-hydrogen) atoms. The third-order valence-corrected chi connectivity index (χ3v) is 5.00. The van der Waals surface area contributed by atoms with Gasteiger partial charge in [-0.15, -0.1) is 0 Å². The Hall–Kier alpha value is -1.55. The molecule has 2 aliphatic rings. The number of carbonyl (C=O) groups excluding carboxylic acids is 1. The van der Waals surface area contributed by atoms with Gasteiger partial charge in [-0.05, 0) is 55.9 Å². The van der Waals surface area contributed by atoms with Crippen LogP contribution < -0.4 is 10.1 Å². The van der Waals surface area contributed by atoms with Crippen LogP contribution in [0.25, 0.3) is 0 Å². The zero-order valence-corrected chi connectivity index (χ0v) is 13.9. The van der Waals surface area contributed by atoms with Gasteiger partial charge in [0.1, 0.15) is 12.4 Å². The van der Waals surface area contributed by atoms with Crippen molar-refractivity contribution in [2.45, 2.75) is 57.6 Å². The van der Waals surface area contributed by atoms with Crippen LogP contribution in [0.1, 0.15) is 55.8 Å². The zero-order valence-electron chi connectivity index (χ0n) is 13.9. The summed E-state index contributed by atoms with van der Waals surface area (Å²) in [6.45, 7) is 3.66. The molecule has 0 bridgehead atoms. The third-order valence-electron chi connectivity index (χ3n) is 5.00. The highest BCUT2D eigenvalue weighted by Crippen LogP contribution is 2.24. The van der Waals surface area contributed by atoms with E-state index in [0.717, 1.165) is 31.6 Å². The lowest BCUT2D eigenvalue weighted by atomic mass is 9.86. The van der Waals surface area contributed by atoms with Gasteiger partial charge in [0, 0.05) is 18.2 Å². The first kappa shape index (κ1) is 16.3. The van der Waals surface area contributed by atoms with Crippen molar-refractivity contribution in [3.05, 3.63) is 29.8 Å². The van der Waals surface area contributed by atoms with Crippen LogP contribution in [0.2, 0.25) is 0 Å².